The van der Waals surface area contributed by atoms with Gasteiger partial charge in [0.15, 0.2) is 0 Å². The van der Waals surface area contributed by atoms with Gasteiger partial charge in [0.1, 0.15) is 6.54 Å². The highest BCUT2D eigenvalue weighted by Crippen LogP contribution is 2.20. The van der Waals surface area contributed by atoms with Gasteiger partial charge < -0.3 is 14.4 Å². The Labute approximate surface area is 134 Å². The first-order chi connectivity index (χ1) is 10.5. The molecule has 1 aromatic carbocycles. The van der Waals surface area contributed by atoms with E-state index >= 15 is 0 Å². The maximum absolute atomic E-state index is 12.4. The van der Waals surface area contributed by atoms with Crippen molar-refractivity contribution in [2.24, 2.45) is 0 Å². The van der Waals surface area contributed by atoms with E-state index in [0.717, 1.165) is 10.9 Å². The van der Waals surface area contributed by atoms with Gasteiger partial charge >= 0.3 is 0 Å². The van der Waals surface area contributed by atoms with Crippen molar-refractivity contribution in [2.75, 3.05) is 26.2 Å². The van der Waals surface area contributed by atoms with Gasteiger partial charge in [0.25, 0.3) is 0 Å². The number of hydrogen-bond donors (Lipinski definition) is 0. The number of carbonyl (C=O) groups excluding carboxylic acids is 2. The highest BCUT2D eigenvalue weighted by Gasteiger charge is 2.22. The van der Waals surface area contributed by atoms with Crippen LogP contribution in [0, 0.1) is 0 Å². The van der Waals surface area contributed by atoms with Crippen LogP contribution in [0.1, 0.15) is 6.92 Å². The zero-order chi connectivity index (χ0) is 15.7. The third kappa shape index (κ3) is 2.95. The summed E-state index contributed by atoms with van der Waals surface area (Å²) >= 11 is 6.03. The standard InChI is InChI=1S/C16H18ClN3O2/c1-12(21)18-6-8-19(9-7-18)16(22)11-20-5-4-13-2-3-14(17)10-15(13)20/h2-5,10H,6-9,11H2,1H3. The van der Waals surface area contributed by atoms with Gasteiger partial charge in [0.05, 0.1) is 0 Å². The predicted octanol–water partition coefficient (Wildman–Crippen LogP) is 1.99. The van der Waals surface area contributed by atoms with E-state index in [0.29, 0.717) is 37.7 Å². The lowest BCUT2D eigenvalue weighted by atomic mass is 10.2. The first-order valence-electron chi connectivity index (χ1n) is 7.32. The van der Waals surface area contributed by atoms with Crippen molar-refractivity contribution < 1.29 is 9.59 Å². The minimum Gasteiger partial charge on any atom is -0.339 e. The molecule has 2 aromatic rings. The van der Waals surface area contributed by atoms with Crippen molar-refractivity contribution in [3.05, 3.63) is 35.5 Å². The van der Waals surface area contributed by atoms with Gasteiger partial charge in [-0.2, -0.15) is 0 Å². The number of fused-ring (bicyclic) bond motifs is 1. The van der Waals surface area contributed by atoms with Crippen molar-refractivity contribution in [2.45, 2.75) is 13.5 Å². The van der Waals surface area contributed by atoms with E-state index in [9.17, 15) is 9.59 Å². The van der Waals surface area contributed by atoms with Crippen LogP contribution < -0.4 is 0 Å². The molecule has 5 nitrogen and oxygen atoms in total. The molecule has 0 spiro atoms. The number of carbonyl (C=O) groups is 2. The fraction of sp³-hybridized carbons (Fsp3) is 0.375. The number of halogens is 1. The third-order valence-electron chi connectivity index (χ3n) is 4.12. The van der Waals surface area contributed by atoms with Gasteiger partial charge in [-0.25, -0.2) is 0 Å². The third-order valence-corrected chi connectivity index (χ3v) is 4.35. The van der Waals surface area contributed by atoms with Gasteiger partial charge in [0.2, 0.25) is 11.8 Å². The van der Waals surface area contributed by atoms with E-state index < -0.39 is 0 Å². The molecule has 3 rings (SSSR count). The molecular weight excluding hydrogens is 302 g/mol. The van der Waals surface area contributed by atoms with Crippen LogP contribution in [0.2, 0.25) is 5.02 Å². The van der Waals surface area contributed by atoms with E-state index in [4.69, 9.17) is 11.6 Å². The molecule has 0 N–H and O–H groups in total. The van der Waals surface area contributed by atoms with E-state index in [1.54, 1.807) is 11.8 Å². The molecule has 116 valence electrons. The molecular formula is C16H18ClN3O2. The smallest absolute Gasteiger partial charge is 0.242 e. The summed E-state index contributed by atoms with van der Waals surface area (Å²) in [5.74, 6) is 0.138. The Morgan fingerprint density at radius 1 is 1.09 bits per heavy atom. The maximum atomic E-state index is 12.4. The molecule has 1 aromatic heterocycles. The summed E-state index contributed by atoms with van der Waals surface area (Å²) in [7, 11) is 0. The van der Waals surface area contributed by atoms with Crippen LogP contribution >= 0.6 is 11.6 Å². The number of rotatable bonds is 2. The normalized spacial score (nSPS) is 15.4. The quantitative estimate of drug-likeness (QED) is 0.849. The van der Waals surface area contributed by atoms with Gasteiger partial charge in [-0.1, -0.05) is 17.7 Å². The molecule has 0 unspecified atom stereocenters. The van der Waals surface area contributed by atoms with Crippen LogP contribution in [0.3, 0.4) is 0 Å². The average Bonchev–Trinajstić information content (AvgIpc) is 2.89. The van der Waals surface area contributed by atoms with Crippen LogP contribution in [0.15, 0.2) is 30.5 Å². The number of benzene rings is 1. The molecule has 22 heavy (non-hydrogen) atoms. The van der Waals surface area contributed by atoms with E-state index in [-0.39, 0.29) is 11.8 Å². The molecule has 0 aliphatic carbocycles. The fourth-order valence-corrected chi connectivity index (χ4v) is 2.98. The summed E-state index contributed by atoms with van der Waals surface area (Å²) in [6, 6.07) is 7.64. The number of amides is 2. The van der Waals surface area contributed by atoms with Crippen molar-refractivity contribution >= 4 is 34.3 Å². The van der Waals surface area contributed by atoms with E-state index in [1.807, 2.05) is 39.9 Å². The molecule has 0 bridgehead atoms. The molecule has 0 atom stereocenters. The summed E-state index contributed by atoms with van der Waals surface area (Å²) < 4.78 is 1.92. The molecule has 2 amide bonds. The van der Waals surface area contributed by atoms with Crippen LogP contribution in [-0.2, 0) is 16.1 Å². The Hall–Kier alpha value is -2.01. The lowest BCUT2D eigenvalue weighted by Gasteiger charge is -2.34. The minimum atomic E-state index is 0.0677. The predicted molar refractivity (Wildman–Crippen MR) is 85.8 cm³/mol. The van der Waals surface area contributed by atoms with E-state index in [2.05, 4.69) is 0 Å². The highest BCUT2D eigenvalue weighted by atomic mass is 35.5. The van der Waals surface area contributed by atoms with Crippen LogP contribution in [0.4, 0.5) is 0 Å². The largest absolute Gasteiger partial charge is 0.339 e. The maximum Gasteiger partial charge on any atom is 0.242 e. The lowest BCUT2D eigenvalue weighted by Crippen LogP contribution is -2.50. The topological polar surface area (TPSA) is 45.6 Å². The van der Waals surface area contributed by atoms with Crippen molar-refractivity contribution in [3.8, 4) is 0 Å². The van der Waals surface area contributed by atoms with Crippen molar-refractivity contribution in [1.82, 2.24) is 14.4 Å². The molecule has 6 heteroatoms. The fourth-order valence-electron chi connectivity index (χ4n) is 2.81. The summed E-state index contributed by atoms with van der Waals surface area (Å²) in [5, 5.41) is 1.73. The zero-order valence-electron chi connectivity index (χ0n) is 12.5. The van der Waals surface area contributed by atoms with E-state index in [1.165, 1.54) is 0 Å². The molecule has 2 heterocycles. The average molecular weight is 320 g/mol. The Bertz CT molecular complexity index is 717. The summed E-state index contributed by atoms with van der Waals surface area (Å²) in [5.41, 5.74) is 0.961. The minimum absolute atomic E-state index is 0.0677. The monoisotopic (exact) mass is 319 g/mol. The molecule has 1 saturated heterocycles. The first kappa shape index (κ1) is 14.9. The molecule has 1 fully saturated rings. The Balaban J connectivity index is 1.69. The zero-order valence-corrected chi connectivity index (χ0v) is 13.2. The summed E-state index contributed by atoms with van der Waals surface area (Å²) in [6.45, 7) is 4.27. The van der Waals surface area contributed by atoms with Crippen molar-refractivity contribution in [3.63, 3.8) is 0 Å². The Morgan fingerprint density at radius 2 is 1.77 bits per heavy atom. The van der Waals surface area contributed by atoms with Crippen LogP contribution in [0.5, 0.6) is 0 Å². The second kappa shape index (κ2) is 6.01. The summed E-state index contributed by atoms with van der Waals surface area (Å²) in [6.07, 6.45) is 1.91. The van der Waals surface area contributed by atoms with Crippen LogP contribution in [0.25, 0.3) is 10.9 Å². The Morgan fingerprint density at radius 3 is 2.45 bits per heavy atom. The first-order valence-corrected chi connectivity index (χ1v) is 7.70. The second-order valence-electron chi connectivity index (χ2n) is 5.53. The van der Waals surface area contributed by atoms with Gasteiger partial charge in [-0.15, -0.1) is 0 Å². The van der Waals surface area contributed by atoms with Crippen molar-refractivity contribution in [1.29, 1.82) is 0 Å². The number of hydrogen-bond acceptors (Lipinski definition) is 2. The molecule has 0 saturated carbocycles. The van der Waals surface area contributed by atoms with Crippen LogP contribution in [-0.4, -0.2) is 52.4 Å². The lowest BCUT2D eigenvalue weighted by molar-refractivity contribution is -0.138. The molecule has 1 aliphatic heterocycles. The number of aromatic nitrogens is 1. The number of piperazine rings is 1. The molecule has 0 radical (unpaired) electrons. The summed E-state index contributed by atoms with van der Waals surface area (Å²) in [4.78, 5) is 27.3. The van der Waals surface area contributed by atoms with Gasteiger partial charge in [-0.05, 0) is 23.6 Å². The SMILES string of the molecule is CC(=O)N1CCN(C(=O)Cn2ccc3ccc(Cl)cc32)CC1. The van der Waals surface area contributed by atoms with Gasteiger partial charge in [0, 0.05) is 49.8 Å². The molecule has 1 aliphatic rings. The highest BCUT2D eigenvalue weighted by molar-refractivity contribution is 6.31. The second-order valence-corrected chi connectivity index (χ2v) is 5.97. The number of nitrogens with zero attached hydrogens (tertiary/aromatic N) is 3. The Kier molecular flexibility index (Phi) is 4.07. The van der Waals surface area contributed by atoms with Gasteiger partial charge in [-0.3, -0.25) is 9.59 Å².